The van der Waals surface area contributed by atoms with Crippen LogP contribution in [0.15, 0.2) is 24.3 Å². The number of hydrogen-bond donors (Lipinski definition) is 2. The molecule has 1 aromatic rings. The quantitative estimate of drug-likeness (QED) is 0.868. The first kappa shape index (κ1) is 14.5. The number of amides is 1. The molecule has 1 atom stereocenters. The second kappa shape index (κ2) is 5.87. The molecule has 4 heteroatoms. The van der Waals surface area contributed by atoms with Gasteiger partial charge in [-0.3, -0.25) is 5.32 Å². The first-order valence-electron chi connectivity index (χ1n) is 6.03. The molecule has 100 valence electrons. The highest BCUT2D eigenvalue weighted by Gasteiger charge is 2.16. The number of hydrogen-bond acceptors (Lipinski definition) is 3. The zero-order chi connectivity index (χ0) is 13.8. The summed E-state index contributed by atoms with van der Waals surface area (Å²) in [6, 6.07) is 7.36. The summed E-state index contributed by atoms with van der Waals surface area (Å²) in [5, 5.41) is 12.0. The van der Waals surface area contributed by atoms with Crippen LogP contribution in [0, 0.1) is 0 Å². The fourth-order valence-corrected chi connectivity index (χ4v) is 1.54. The third-order valence-electron chi connectivity index (χ3n) is 2.10. The van der Waals surface area contributed by atoms with Crippen LogP contribution in [0.3, 0.4) is 0 Å². The minimum atomic E-state index is -0.513. The number of aliphatic hydroxyl groups excluding tert-OH is 1. The van der Waals surface area contributed by atoms with Gasteiger partial charge < -0.3 is 9.84 Å². The van der Waals surface area contributed by atoms with Crippen molar-refractivity contribution in [2.24, 2.45) is 0 Å². The Morgan fingerprint density at radius 2 is 2.11 bits per heavy atom. The molecular formula is C14H21NO3. The average molecular weight is 251 g/mol. The van der Waals surface area contributed by atoms with Gasteiger partial charge in [-0.2, -0.15) is 0 Å². The lowest BCUT2D eigenvalue weighted by Gasteiger charge is -2.19. The topological polar surface area (TPSA) is 58.6 Å². The van der Waals surface area contributed by atoms with Gasteiger partial charge in [0.15, 0.2) is 0 Å². The van der Waals surface area contributed by atoms with E-state index in [-0.39, 0.29) is 0 Å². The molecule has 0 saturated carbocycles. The number of aliphatic hydroxyl groups is 1. The van der Waals surface area contributed by atoms with Crippen LogP contribution in [0.5, 0.6) is 0 Å². The van der Waals surface area contributed by atoms with E-state index in [2.05, 4.69) is 5.32 Å². The van der Waals surface area contributed by atoms with Crippen molar-refractivity contribution in [2.75, 3.05) is 5.32 Å². The van der Waals surface area contributed by atoms with E-state index in [1.54, 1.807) is 13.0 Å². The van der Waals surface area contributed by atoms with Gasteiger partial charge in [-0.05, 0) is 51.8 Å². The monoisotopic (exact) mass is 251 g/mol. The maximum atomic E-state index is 11.6. The van der Waals surface area contributed by atoms with Crippen molar-refractivity contribution in [2.45, 2.75) is 45.8 Å². The van der Waals surface area contributed by atoms with Crippen molar-refractivity contribution in [3.63, 3.8) is 0 Å². The third kappa shape index (κ3) is 5.68. The zero-order valence-electron chi connectivity index (χ0n) is 11.4. The SMILES string of the molecule is CC(O)Cc1cccc(NC(=O)OC(C)(C)C)c1. The van der Waals surface area contributed by atoms with Crippen LogP contribution in [0.4, 0.5) is 10.5 Å². The predicted octanol–water partition coefficient (Wildman–Crippen LogP) is 2.96. The van der Waals surface area contributed by atoms with Gasteiger partial charge in [0.05, 0.1) is 6.10 Å². The molecule has 0 aromatic heterocycles. The molecule has 0 spiro atoms. The van der Waals surface area contributed by atoms with Gasteiger partial charge in [0.2, 0.25) is 0 Å². The molecule has 0 heterocycles. The van der Waals surface area contributed by atoms with Crippen molar-refractivity contribution in [1.82, 2.24) is 0 Å². The van der Waals surface area contributed by atoms with Crippen LogP contribution in [0.25, 0.3) is 0 Å². The van der Waals surface area contributed by atoms with Crippen LogP contribution in [-0.2, 0) is 11.2 Å². The maximum absolute atomic E-state index is 11.6. The van der Waals surface area contributed by atoms with Gasteiger partial charge in [0.1, 0.15) is 5.60 Å². The Bertz CT molecular complexity index is 408. The van der Waals surface area contributed by atoms with Gasteiger partial charge >= 0.3 is 6.09 Å². The summed E-state index contributed by atoms with van der Waals surface area (Å²) in [6.45, 7) is 7.18. The summed E-state index contributed by atoms with van der Waals surface area (Å²) in [4.78, 5) is 11.6. The first-order valence-corrected chi connectivity index (χ1v) is 6.03. The van der Waals surface area contributed by atoms with Crippen LogP contribution in [0.2, 0.25) is 0 Å². The van der Waals surface area contributed by atoms with Gasteiger partial charge in [0.25, 0.3) is 0 Å². The number of carbonyl (C=O) groups excluding carboxylic acids is 1. The lowest BCUT2D eigenvalue weighted by Crippen LogP contribution is -2.27. The fraction of sp³-hybridized carbons (Fsp3) is 0.500. The zero-order valence-corrected chi connectivity index (χ0v) is 11.4. The molecule has 0 aliphatic heterocycles. The average Bonchev–Trinajstić information content (AvgIpc) is 2.13. The lowest BCUT2D eigenvalue weighted by atomic mass is 10.1. The molecule has 0 saturated heterocycles. The lowest BCUT2D eigenvalue weighted by molar-refractivity contribution is 0.0636. The molecule has 2 N–H and O–H groups in total. The van der Waals surface area contributed by atoms with E-state index in [1.807, 2.05) is 39.0 Å². The predicted molar refractivity (Wildman–Crippen MR) is 71.7 cm³/mol. The van der Waals surface area contributed by atoms with Gasteiger partial charge in [-0.25, -0.2) is 4.79 Å². The molecule has 0 aliphatic rings. The largest absolute Gasteiger partial charge is 0.444 e. The fourth-order valence-electron chi connectivity index (χ4n) is 1.54. The normalized spacial score (nSPS) is 12.9. The first-order chi connectivity index (χ1) is 8.26. The summed E-state index contributed by atoms with van der Waals surface area (Å²) in [6.07, 6.45) is -0.317. The summed E-state index contributed by atoms with van der Waals surface area (Å²) in [5.74, 6) is 0. The van der Waals surface area contributed by atoms with E-state index in [9.17, 15) is 9.90 Å². The van der Waals surface area contributed by atoms with Crippen LogP contribution < -0.4 is 5.32 Å². The molecule has 0 aliphatic carbocycles. The van der Waals surface area contributed by atoms with Crippen LogP contribution >= 0.6 is 0 Å². The summed E-state index contributed by atoms with van der Waals surface area (Å²) >= 11 is 0. The Morgan fingerprint density at radius 1 is 1.44 bits per heavy atom. The second-order valence-electron chi connectivity index (χ2n) is 5.38. The van der Waals surface area contributed by atoms with Crippen LogP contribution in [0.1, 0.15) is 33.3 Å². The van der Waals surface area contributed by atoms with E-state index >= 15 is 0 Å². The Balaban J connectivity index is 2.65. The number of benzene rings is 1. The molecule has 1 rings (SSSR count). The minimum absolute atomic E-state index is 0.401. The number of rotatable bonds is 3. The van der Waals surface area contributed by atoms with Gasteiger partial charge in [0, 0.05) is 5.69 Å². The summed E-state index contributed by atoms with van der Waals surface area (Å²) in [5.41, 5.74) is 1.13. The molecule has 0 radical (unpaired) electrons. The Hall–Kier alpha value is -1.55. The molecule has 4 nitrogen and oxygen atoms in total. The summed E-state index contributed by atoms with van der Waals surface area (Å²) < 4.78 is 5.16. The second-order valence-corrected chi connectivity index (χ2v) is 5.38. The van der Waals surface area contributed by atoms with Crippen molar-refractivity contribution < 1.29 is 14.6 Å². The number of nitrogens with one attached hydrogen (secondary N) is 1. The standard InChI is InChI=1S/C14H21NO3/c1-10(16)8-11-6-5-7-12(9-11)15-13(17)18-14(2,3)4/h5-7,9-10,16H,8H2,1-4H3,(H,15,17). The number of ether oxygens (including phenoxy) is 1. The maximum Gasteiger partial charge on any atom is 0.412 e. The van der Waals surface area contributed by atoms with Crippen molar-refractivity contribution in [1.29, 1.82) is 0 Å². The summed E-state index contributed by atoms with van der Waals surface area (Å²) in [7, 11) is 0. The molecular weight excluding hydrogens is 230 g/mol. The molecule has 18 heavy (non-hydrogen) atoms. The molecule has 0 fully saturated rings. The highest BCUT2D eigenvalue weighted by atomic mass is 16.6. The van der Waals surface area contributed by atoms with E-state index < -0.39 is 17.8 Å². The van der Waals surface area contributed by atoms with Crippen molar-refractivity contribution in [3.05, 3.63) is 29.8 Å². The molecule has 1 unspecified atom stereocenters. The highest BCUT2D eigenvalue weighted by Crippen LogP contribution is 2.14. The minimum Gasteiger partial charge on any atom is -0.444 e. The van der Waals surface area contributed by atoms with Gasteiger partial charge in [-0.1, -0.05) is 12.1 Å². The Labute approximate surface area is 108 Å². The van der Waals surface area contributed by atoms with E-state index in [0.29, 0.717) is 12.1 Å². The van der Waals surface area contributed by atoms with Crippen molar-refractivity contribution in [3.8, 4) is 0 Å². The number of carbonyl (C=O) groups is 1. The Morgan fingerprint density at radius 3 is 2.67 bits per heavy atom. The van der Waals surface area contributed by atoms with E-state index in [4.69, 9.17) is 4.74 Å². The van der Waals surface area contributed by atoms with E-state index in [1.165, 1.54) is 0 Å². The highest BCUT2D eigenvalue weighted by molar-refractivity contribution is 5.84. The number of anilines is 1. The smallest absolute Gasteiger partial charge is 0.412 e. The third-order valence-corrected chi connectivity index (χ3v) is 2.10. The van der Waals surface area contributed by atoms with Crippen molar-refractivity contribution >= 4 is 11.8 Å². The molecule has 1 amide bonds. The van der Waals surface area contributed by atoms with E-state index in [0.717, 1.165) is 5.56 Å². The Kier molecular flexibility index (Phi) is 4.73. The molecule has 0 bridgehead atoms. The van der Waals surface area contributed by atoms with Gasteiger partial charge in [-0.15, -0.1) is 0 Å². The van der Waals surface area contributed by atoms with Crippen LogP contribution in [-0.4, -0.2) is 22.9 Å². The molecule has 1 aromatic carbocycles.